The van der Waals surface area contributed by atoms with E-state index in [2.05, 4.69) is 24.4 Å². The highest BCUT2D eigenvalue weighted by Crippen LogP contribution is 2.34. The van der Waals surface area contributed by atoms with Gasteiger partial charge in [-0.1, -0.05) is 13.0 Å². The summed E-state index contributed by atoms with van der Waals surface area (Å²) in [6.45, 7) is 5.11. The maximum Gasteiger partial charge on any atom is 0.231 e. The molecule has 0 aromatic heterocycles. The summed E-state index contributed by atoms with van der Waals surface area (Å²) in [6, 6.07) is 6.37. The molecule has 0 spiro atoms. The highest BCUT2D eigenvalue weighted by atomic mass is 16.7. The quantitative estimate of drug-likeness (QED) is 0.793. The number of fused-ring (bicyclic) bond motifs is 1. The minimum Gasteiger partial charge on any atom is -0.454 e. The Morgan fingerprint density at radius 3 is 2.95 bits per heavy atom. The summed E-state index contributed by atoms with van der Waals surface area (Å²) >= 11 is 0. The third kappa shape index (κ3) is 3.44. The van der Waals surface area contributed by atoms with E-state index in [4.69, 9.17) is 14.2 Å². The molecule has 1 saturated carbocycles. The van der Waals surface area contributed by atoms with E-state index >= 15 is 0 Å². The van der Waals surface area contributed by atoms with Crippen LogP contribution in [0.2, 0.25) is 0 Å². The van der Waals surface area contributed by atoms with Crippen molar-refractivity contribution in [1.82, 2.24) is 5.32 Å². The van der Waals surface area contributed by atoms with E-state index in [0.717, 1.165) is 43.6 Å². The molecule has 0 radical (unpaired) electrons. The molecule has 1 aliphatic heterocycles. The van der Waals surface area contributed by atoms with Crippen LogP contribution in [0, 0.1) is 5.92 Å². The Bertz CT molecular complexity index is 445. The van der Waals surface area contributed by atoms with Crippen molar-refractivity contribution in [3.05, 3.63) is 23.8 Å². The maximum atomic E-state index is 5.86. The monoisotopic (exact) mass is 277 g/mol. The Morgan fingerprint density at radius 1 is 1.30 bits per heavy atom. The zero-order valence-corrected chi connectivity index (χ0v) is 12.1. The van der Waals surface area contributed by atoms with Gasteiger partial charge in [-0.25, -0.2) is 0 Å². The fourth-order valence-electron chi connectivity index (χ4n) is 2.36. The van der Waals surface area contributed by atoms with Crippen LogP contribution in [0.4, 0.5) is 0 Å². The van der Waals surface area contributed by atoms with Gasteiger partial charge in [0.05, 0.1) is 12.6 Å². The Kier molecular flexibility index (Phi) is 4.43. The largest absolute Gasteiger partial charge is 0.454 e. The maximum absolute atomic E-state index is 5.86. The molecule has 1 aromatic carbocycles. The molecule has 0 bridgehead atoms. The first kappa shape index (κ1) is 13.7. The number of hydrogen-bond donors (Lipinski definition) is 1. The van der Waals surface area contributed by atoms with Gasteiger partial charge in [-0.2, -0.15) is 0 Å². The van der Waals surface area contributed by atoms with Gasteiger partial charge < -0.3 is 19.5 Å². The topological polar surface area (TPSA) is 39.7 Å². The molecule has 0 saturated heterocycles. The molecule has 1 aromatic rings. The molecular weight excluding hydrogens is 254 g/mol. The standard InChI is InChI=1S/C16H23NO3/c1-2-7-17-14(10-18-9-12-3-4-12)13-5-6-15-16(8-13)20-11-19-15/h5-6,8,12,14,17H,2-4,7,9-11H2,1H3. The van der Waals surface area contributed by atoms with E-state index in [-0.39, 0.29) is 6.04 Å². The predicted molar refractivity (Wildman–Crippen MR) is 77.1 cm³/mol. The molecule has 1 fully saturated rings. The SMILES string of the molecule is CCCNC(COCC1CC1)c1ccc2c(c1)OCO2. The molecule has 4 nitrogen and oxygen atoms in total. The fourth-order valence-corrected chi connectivity index (χ4v) is 2.36. The van der Waals surface area contributed by atoms with E-state index in [1.54, 1.807) is 0 Å². The van der Waals surface area contributed by atoms with E-state index < -0.39 is 0 Å². The van der Waals surface area contributed by atoms with Gasteiger partial charge >= 0.3 is 0 Å². The van der Waals surface area contributed by atoms with Gasteiger partial charge in [0.15, 0.2) is 11.5 Å². The molecule has 1 unspecified atom stereocenters. The van der Waals surface area contributed by atoms with Crippen LogP contribution in [0.15, 0.2) is 18.2 Å². The summed E-state index contributed by atoms with van der Waals surface area (Å²) in [6.07, 6.45) is 3.78. The van der Waals surface area contributed by atoms with Gasteiger partial charge in [-0.3, -0.25) is 0 Å². The Hall–Kier alpha value is -1.26. The second-order valence-corrected chi connectivity index (χ2v) is 5.60. The molecule has 1 aliphatic carbocycles. The molecule has 0 amide bonds. The minimum absolute atomic E-state index is 0.225. The van der Waals surface area contributed by atoms with E-state index in [9.17, 15) is 0 Å². The second kappa shape index (κ2) is 6.46. The summed E-state index contributed by atoms with van der Waals surface area (Å²) in [4.78, 5) is 0. The molecule has 1 heterocycles. The lowest BCUT2D eigenvalue weighted by molar-refractivity contribution is 0.103. The third-order valence-electron chi connectivity index (χ3n) is 3.77. The van der Waals surface area contributed by atoms with Crippen molar-refractivity contribution in [2.45, 2.75) is 32.2 Å². The van der Waals surface area contributed by atoms with Gasteiger partial charge in [-0.05, 0) is 49.4 Å². The normalized spacial score (nSPS) is 18.2. The van der Waals surface area contributed by atoms with Crippen LogP contribution in [0.3, 0.4) is 0 Å². The van der Waals surface area contributed by atoms with E-state index in [0.29, 0.717) is 6.79 Å². The molecule has 1 N–H and O–H groups in total. The summed E-state index contributed by atoms with van der Waals surface area (Å²) in [5.41, 5.74) is 1.21. The van der Waals surface area contributed by atoms with Crippen LogP contribution in [-0.4, -0.2) is 26.6 Å². The van der Waals surface area contributed by atoms with Gasteiger partial charge in [0.25, 0.3) is 0 Å². The number of hydrogen-bond acceptors (Lipinski definition) is 4. The minimum atomic E-state index is 0.225. The number of nitrogens with one attached hydrogen (secondary N) is 1. The van der Waals surface area contributed by atoms with Crippen molar-refractivity contribution in [1.29, 1.82) is 0 Å². The van der Waals surface area contributed by atoms with Crippen LogP contribution in [0.1, 0.15) is 37.8 Å². The number of rotatable bonds is 8. The molecule has 20 heavy (non-hydrogen) atoms. The zero-order valence-electron chi connectivity index (χ0n) is 12.1. The molecule has 1 atom stereocenters. The Morgan fingerprint density at radius 2 is 2.15 bits per heavy atom. The first-order valence-electron chi connectivity index (χ1n) is 7.57. The lowest BCUT2D eigenvalue weighted by Gasteiger charge is -2.19. The summed E-state index contributed by atoms with van der Waals surface area (Å²) in [5.74, 6) is 2.48. The first-order valence-corrected chi connectivity index (χ1v) is 7.57. The van der Waals surface area contributed by atoms with Crippen LogP contribution in [0.5, 0.6) is 11.5 Å². The Labute approximate surface area is 120 Å². The highest BCUT2D eigenvalue weighted by Gasteiger charge is 2.23. The third-order valence-corrected chi connectivity index (χ3v) is 3.77. The lowest BCUT2D eigenvalue weighted by atomic mass is 10.1. The summed E-state index contributed by atoms with van der Waals surface area (Å²) in [5, 5.41) is 3.55. The predicted octanol–water partition coefficient (Wildman–Crippen LogP) is 2.88. The average Bonchev–Trinajstić information content (AvgIpc) is 3.17. The van der Waals surface area contributed by atoms with Crippen molar-refractivity contribution in [2.75, 3.05) is 26.6 Å². The molecule has 110 valence electrons. The molecule has 4 heteroatoms. The molecule has 3 rings (SSSR count). The highest BCUT2D eigenvalue weighted by molar-refractivity contribution is 5.45. The lowest BCUT2D eigenvalue weighted by Crippen LogP contribution is -2.26. The van der Waals surface area contributed by atoms with E-state index in [1.165, 1.54) is 18.4 Å². The fraction of sp³-hybridized carbons (Fsp3) is 0.625. The first-order chi connectivity index (χ1) is 9.86. The number of ether oxygens (including phenoxy) is 3. The van der Waals surface area contributed by atoms with Gasteiger partial charge in [0.1, 0.15) is 0 Å². The van der Waals surface area contributed by atoms with Crippen molar-refractivity contribution in [3.8, 4) is 11.5 Å². The summed E-state index contributed by atoms with van der Waals surface area (Å²) < 4.78 is 16.7. The van der Waals surface area contributed by atoms with Crippen LogP contribution < -0.4 is 14.8 Å². The van der Waals surface area contributed by atoms with Crippen molar-refractivity contribution >= 4 is 0 Å². The van der Waals surface area contributed by atoms with Crippen molar-refractivity contribution in [2.24, 2.45) is 5.92 Å². The van der Waals surface area contributed by atoms with Gasteiger partial charge in [0.2, 0.25) is 6.79 Å². The van der Waals surface area contributed by atoms with E-state index in [1.807, 2.05) is 6.07 Å². The molecular formula is C16H23NO3. The summed E-state index contributed by atoms with van der Waals surface area (Å²) in [7, 11) is 0. The molecule has 2 aliphatic rings. The number of benzene rings is 1. The van der Waals surface area contributed by atoms with Gasteiger partial charge in [0, 0.05) is 6.61 Å². The average molecular weight is 277 g/mol. The Balaban J connectivity index is 1.63. The van der Waals surface area contributed by atoms with Crippen LogP contribution in [-0.2, 0) is 4.74 Å². The second-order valence-electron chi connectivity index (χ2n) is 5.60. The van der Waals surface area contributed by atoms with Gasteiger partial charge in [-0.15, -0.1) is 0 Å². The van der Waals surface area contributed by atoms with Crippen LogP contribution in [0.25, 0.3) is 0 Å². The zero-order chi connectivity index (χ0) is 13.8. The van der Waals surface area contributed by atoms with Crippen molar-refractivity contribution in [3.63, 3.8) is 0 Å². The van der Waals surface area contributed by atoms with Crippen LogP contribution >= 0.6 is 0 Å². The smallest absolute Gasteiger partial charge is 0.231 e. The van der Waals surface area contributed by atoms with Crippen molar-refractivity contribution < 1.29 is 14.2 Å².